The van der Waals surface area contributed by atoms with Gasteiger partial charge in [-0.05, 0) is 24.5 Å². The van der Waals surface area contributed by atoms with Crippen LogP contribution in [0.4, 0.5) is 5.69 Å². The summed E-state index contributed by atoms with van der Waals surface area (Å²) in [6.07, 6.45) is 2.37. The zero-order chi connectivity index (χ0) is 13.5. The number of nitrogens with zero attached hydrogens (tertiary/aromatic N) is 1. The minimum Gasteiger partial charge on any atom is -0.371 e. The molecule has 0 aliphatic rings. The van der Waals surface area contributed by atoms with E-state index in [0.29, 0.717) is 0 Å². The molecule has 1 heteroatoms. The lowest BCUT2D eigenvalue weighted by atomic mass is 10.0. The van der Waals surface area contributed by atoms with Gasteiger partial charge in [0.1, 0.15) is 0 Å². The van der Waals surface area contributed by atoms with Crippen LogP contribution >= 0.6 is 0 Å². The minimum absolute atomic E-state index is 1.12. The first-order valence-electron chi connectivity index (χ1n) is 7.26. The zero-order valence-electron chi connectivity index (χ0n) is 12.0. The maximum atomic E-state index is 2.50. The Morgan fingerprint density at radius 1 is 0.737 bits per heavy atom. The largest absolute Gasteiger partial charge is 0.371 e. The van der Waals surface area contributed by atoms with Gasteiger partial charge in [-0.1, -0.05) is 62.4 Å². The third-order valence-corrected chi connectivity index (χ3v) is 3.32. The third-order valence-electron chi connectivity index (χ3n) is 3.32. The molecule has 19 heavy (non-hydrogen) atoms. The van der Waals surface area contributed by atoms with Crippen LogP contribution in [0.25, 0.3) is 11.1 Å². The van der Waals surface area contributed by atoms with Crippen LogP contribution in [0.2, 0.25) is 0 Å². The van der Waals surface area contributed by atoms with Crippen LogP contribution < -0.4 is 4.90 Å². The summed E-state index contributed by atoms with van der Waals surface area (Å²) in [4.78, 5) is 2.50. The van der Waals surface area contributed by atoms with E-state index in [9.17, 15) is 0 Å². The highest BCUT2D eigenvalue weighted by molar-refractivity contribution is 5.78. The Bertz CT molecular complexity index is 484. The second-order valence-electron chi connectivity index (χ2n) is 4.87. The molecule has 0 radical (unpaired) electrons. The summed E-state index contributed by atoms with van der Waals surface area (Å²) in [6, 6.07) is 19.4. The van der Waals surface area contributed by atoms with Gasteiger partial charge < -0.3 is 4.90 Å². The van der Waals surface area contributed by atoms with E-state index >= 15 is 0 Å². The lowest BCUT2D eigenvalue weighted by Gasteiger charge is -2.26. The Balaban J connectivity index is 2.40. The van der Waals surface area contributed by atoms with Crippen molar-refractivity contribution >= 4 is 5.69 Å². The smallest absolute Gasteiger partial charge is 0.0445 e. The highest BCUT2D eigenvalue weighted by Gasteiger charge is 2.10. The molecular weight excluding hydrogens is 230 g/mol. The van der Waals surface area contributed by atoms with E-state index in [0.717, 1.165) is 13.1 Å². The number of para-hydroxylation sites is 1. The van der Waals surface area contributed by atoms with Gasteiger partial charge in [0, 0.05) is 24.3 Å². The third kappa shape index (κ3) is 3.37. The van der Waals surface area contributed by atoms with Crippen molar-refractivity contribution in [2.45, 2.75) is 26.7 Å². The highest BCUT2D eigenvalue weighted by atomic mass is 15.1. The van der Waals surface area contributed by atoms with Gasteiger partial charge in [0.2, 0.25) is 0 Å². The molecule has 0 fully saturated rings. The van der Waals surface area contributed by atoms with Crippen LogP contribution in [0.15, 0.2) is 54.6 Å². The molecule has 100 valence electrons. The molecule has 0 atom stereocenters. The predicted octanol–water partition coefficient (Wildman–Crippen LogP) is 4.98. The number of rotatable bonds is 6. The molecule has 0 bridgehead atoms. The Morgan fingerprint density at radius 2 is 1.32 bits per heavy atom. The second-order valence-corrected chi connectivity index (χ2v) is 4.87. The molecule has 0 aliphatic heterocycles. The first-order chi connectivity index (χ1) is 9.36. The van der Waals surface area contributed by atoms with Gasteiger partial charge in [0.05, 0.1) is 0 Å². The van der Waals surface area contributed by atoms with E-state index in [1.54, 1.807) is 0 Å². The minimum atomic E-state index is 1.12. The fourth-order valence-electron chi connectivity index (χ4n) is 2.50. The molecule has 0 aromatic heterocycles. The van der Waals surface area contributed by atoms with Crippen molar-refractivity contribution in [1.29, 1.82) is 0 Å². The molecule has 0 spiro atoms. The molecule has 2 aromatic rings. The van der Waals surface area contributed by atoms with Gasteiger partial charge in [-0.3, -0.25) is 0 Å². The fourth-order valence-corrected chi connectivity index (χ4v) is 2.50. The molecule has 0 heterocycles. The molecule has 0 aliphatic carbocycles. The average Bonchev–Trinajstić information content (AvgIpc) is 2.48. The summed E-state index contributed by atoms with van der Waals surface area (Å²) >= 11 is 0. The number of benzene rings is 2. The quantitative estimate of drug-likeness (QED) is 0.701. The van der Waals surface area contributed by atoms with E-state index in [1.807, 2.05) is 0 Å². The fraction of sp³-hybridized carbons (Fsp3) is 0.333. The van der Waals surface area contributed by atoms with Gasteiger partial charge in [-0.25, -0.2) is 0 Å². The van der Waals surface area contributed by atoms with Crippen LogP contribution in [0.1, 0.15) is 26.7 Å². The van der Waals surface area contributed by atoms with Crippen LogP contribution in [0.3, 0.4) is 0 Å². The average molecular weight is 253 g/mol. The monoisotopic (exact) mass is 253 g/mol. The van der Waals surface area contributed by atoms with Crippen molar-refractivity contribution in [3.05, 3.63) is 54.6 Å². The maximum Gasteiger partial charge on any atom is 0.0445 e. The van der Waals surface area contributed by atoms with Crippen LogP contribution in [-0.2, 0) is 0 Å². The van der Waals surface area contributed by atoms with Crippen molar-refractivity contribution in [2.75, 3.05) is 18.0 Å². The Hall–Kier alpha value is -1.76. The number of hydrogen-bond donors (Lipinski definition) is 0. The lowest BCUT2D eigenvalue weighted by molar-refractivity contribution is 0.745. The topological polar surface area (TPSA) is 3.24 Å². The summed E-state index contributed by atoms with van der Waals surface area (Å²) in [5.74, 6) is 0. The predicted molar refractivity (Wildman–Crippen MR) is 84.7 cm³/mol. The molecule has 1 nitrogen and oxygen atoms in total. The second kappa shape index (κ2) is 6.98. The maximum absolute atomic E-state index is 2.50. The normalized spacial score (nSPS) is 10.4. The number of anilines is 1. The molecule has 2 aromatic carbocycles. The summed E-state index contributed by atoms with van der Waals surface area (Å²) in [5, 5.41) is 0. The Labute approximate surface area is 116 Å². The van der Waals surface area contributed by atoms with Gasteiger partial charge in [0.15, 0.2) is 0 Å². The molecule has 0 saturated carbocycles. The van der Waals surface area contributed by atoms with Crippen molar-refractivity contribution < 1.29 is 0 Å². The van der Waals surface area contributed by atoms with Gasteiger partial charge in [-0.15, -0.1) is 0 Å². The highest BCUT2D eigenvalue weighted by Crippen LogP contribution is 2.30. The van der Waals surface area contributed by atoms with E-state index in [2.05, 4.69) is 73.3 Å². The van der Waals surface area contributed by atoms with Crippen molar-refractivity contribution in [3.8, 4) is 11.1 Å². The van der Waals surface area contributed by atoms with E-state index in [1.165, 1.54) is 29.7 Å². The van der Waals surface area contributed by atoms with Crippen LogP contribution in [-0.4, -0.2) is 13.1 Å². The first kappa shape index (κ1) is 13.7. The molecule has 0 saturated heterocycles. The van der Waals surface area contributed by atoms with Crippen LogP contribution in [0, 0.1) is 0 Å². The van der Waals surface area contributed by atoms with E-state index in [-0.39, 0.29) is 0 Å². The van der Waals surface area contributed by atoms with Crippen LogP contribution in [0.5, 0.6) is 0 Å². The first-order valence-corrected chi connectivity index (χ1v) is 7.26. The SMILES string of the molecule is CCCN(CCC)c1ccccc1-c1ccccc1. The molecule has 0 amide bonds. The van der Waals surface area contributed by atoms with Gasteiger partial charge >= 0.3 is 0 Å². The molecule has 2 rings (SSSR count). The summed E-state index contributed by atoms with van der Waals surface area (Å²) in [6.45, 7) is 6.73. The van der Waals surface area contributed by atoms with Gasteiger partial charge in [-0.2, -0.15) is 0 Å². The lowest BCUT2D eigenvalue weighted by Crippen LogP contribution is -2.25. The summed E-state index contributed by atoms with van der Waals surface area (Å²) < 4.78 is 0. The summed E-state index contributed by atoms with van der Waals surface area (Å²) in [7, 11) is 0. The Morgan fingerprint density at radius 3 is 1.95 bits per heavy atom. The van der Waals surface area contributed by atoms with E-state index in [4.69, 9.17) is 0 Å². The Kier molecular flexibility index (Phi) is 5.02. The summed E-state index contributed by atoms with van der Waals surface area (Å²) in [5.41, 5.74) is 4.00. The van der Waals surface area contributed by atoms with Gasteiger partial charge in [0.25, 0.3) is 0 Å². The van der Waals surface area contributed by atoms with Crippen molar-refractivity contribution in [1.82, 2.24) is 0 Å². The molecule has 0 N–H and O–H groups in total. The molecule has 0 unspecified atom stereocenters. The standard InChI is InChI=1S/C18H23N/c1-3-14-19(15-4-2)18-13-9-8-12-17(18)16-10-6-5-7-11-16/h5-13H,3-4,14-15H2,1-2H3. The number of hydrogen-bond acceptors (Lipinski definition) is 1. The van der Waals surface area contributed by atoms with Crippen molar-refractivity contribution in [2.24, 2.45) is 0 Å². The zero-order valence-corrected chi connectivity index (χ0v) is 12.0. The van der Waals surface area contributed by atoms with Crippen molar-refractivity contribution in [3.63, 3.8) is 0 Å². The van der Waals surface area contributed by atoms with E-state index < -0.39 is 0 Å². The molecular formula is C18H23N.